The molecule has 0 fully saturated rings. The van der Waals surface area contributed by atoms with E-state index in [0.29, 0.717) is 11.8 Å². The van der Waals surface area contributed by atoms with Gasteiger partial charge in [-0.1, -0.05) is 30.3 Å². The van der Waals surface area contributed by atoms with Gasteiger partial charge in [0, 0.05) is 5.56 Å². The predicted octanol–water partition coefficient (Wildman–Crippen LogP) is 2.03. The molecule has 0 aliphatic heterocycles. The quantitative estimate of drug-likeness (QED) is 0.403. The van der Waals surface area contributed by atoms with E-state index < -0.39 is 4.92 Å². The molecule has 1 aromatic rings. The monoisotopic (exact) mass is 178 g/mol. The lowest BCUT2D eigenvalue weighted by Gasteiger charge is -1.93. The normalized spacial score (nSPS) is 10.9. The summed E-state index contributed by atoms with van der Waals surface area (Å²) in [7, 11) is 0. The molecule has 0 saturated carbocycles. The van der Waals surface area contributed by atoms with Crippen LogP contribution in [0.1, 0.15) is 5.56 Å². The van der Waals surface area contributed by atoms with Gasteiger partial charge in [-0.3, -0.25) is 10.1 Å². The van der Waals surface area contributed by atoms with Crippen molar-refractivity contribution in [3.05, 3.63) is 57.1 Å². The number of hydrogen-bond acceptors (Lipinski definition) is 4. The molecule has 0 aromatic heterocycles. The lowest BCUT2D eigenvalue weighted by Crippen LogP contribution is -1.87. The minimum atomic E-state index is -0.705. The van der Waals surface area contributed by atoms with Gasteiger partial charge in [0.05, 0.1) is 4.92 Å². The third kappa shape index (κ3) is 2.48. The number of hydrogen-bond donors (Lipinski definition) is 0. The zero-order valence-electron chi connectivity index (χ0n) is 6.58. The lowest BCUT2D eigenvalue weighted by atomic mass is 10.2. The van der Waals surface area contributed by atoms with Crippen molar-refractivity contribution in [3.8, 4) is 0 Å². The van der Waals surface area contributed by atoms with Crippen LogP contribution < -0.4 is 0 Å². The Kier molecular flexibility index (Phi) is 2.86. The van der Waals surface area contributed by atoms with Crippen molar-refractivity contribution in [2.24, 2.45) is 5.18 Å². The summed E-state index contributed by atoms with van der Waals surface area (Å²) in [5, 5.41) is 12.6. The van der Waals surface area contributed by atoms with Crippen LogP contribution in [-0.4, -0.2) is 4.92 Å². The Morgan fingerprint density at radius 3 is 2.46 bits per heavy atom. The van der Waals surface area contributed by atoms with Gasteiger partial charge in [0.2, 0.25) is 0 Å². The summed E-state index contributed by atoms with van der Waals surface area (Å²) in [5.41, 5.74) is 0.264. The first-order valence-corrected chi connectivity index (χ1v) is 3.48. The van der Waals surface area contributed by atoms with Crippen molar-refractivity contribution in [2.45, 2.75) is 0 Å². The van der Waals surface area contributed by atoms with Crippen LogP contribution in [-0.2, 0) is 0 Å². The maximum Gasteiger partial charge on any atom is 0.264 e. The first-order valence-electron chi connectivity index (χ1n) is 3.48. The van der Waals surface area contributed by atoms with E-state index in [1.807, 2.05) is 0 Å². The molecule has 1 aromatic carbocycles. The van der Waals surface area contributed by atoms with Crippen LogP contribution in [0.3, 0.4) is 0 Å². The van der Waals surface area contributed by atoms with E-state index in [-0.39, 0.29) is 5.70 Å². The SMILES string of the molecule is O=N/C(=C/[N+](=O)[O-])c1ccccc1. The summed E-state index contributed by atoms with van der Waals surface area (Å²) in [6, 6.07) is 8.26. The summed E-state index contributed by atoms with van der Waals surface area (Å²) in [4.78, 5) is 19.6. The molecule has 0 radical (unpaired) electrons. The van der Waals surface area contributed by atoms with Gasteiger partial charge in [-0.15, -0.1) is 4.91 Å². The van der Waals surface area contributed by atoms with Crippen LogP contribution in [0.15, 0.2) is 41.7 Å². The second-order valence-corrected chi connectivity index (χ2v) is 2.26. The largest absolute Gasteiger partial charge is 0.264 e. The van der Waals surface area contributed by atoms with Gasteiger partial charge in [-0.2, -0.15) is 0 Å². The molecule has 0 atom stereocenters. The van der Waals surface area contributed by atoms with Gasteiger partial charge < -0.3 is 0 Å². The van der Waals surface area contributed by atoms with Gasteiger partial charge in [-0.05, 0) is 5.18 Å². The molecule has 0 N–H and O–H groups in total. The molecule has 13 heavy (non-hydrogen) atoms. The number of nitro groups is 1. The summed E-state index contributed by atoms with van der Waals surface area (Å²) in [6.07, 6.45) is 0.586. The Morgan fingerprint density at radius 2 is 2.00 bits per heavy atom. The molecular weight excluding hydrogens is 172 g/mol. The number of rotatable bonds is 3. The molecule has 0 aliphatic rings. The zero-order valence-corrected chi connectivity index (χ0v) is 6.58. The fourth-order valence-corrected chi connectivity index (χ4v) is 0.860. The Hall–Kier alpha value is -2.04. The number of benzene rings is 1. The molecule has 0 heterocycles. The Morgan fingerprint density at radius 1 is 1.38 bits per heavy atom. The summed E-state index contributed by atoms with van der Waals surface area (Å²) in [6.45, 7) is 0. The van der Waals surface area contributed by atoms with E-state index in [9.17, 15) is 15.0 Å². The van der Waals surface area contributed by atoms with Crippen LogP contribution in [0.5, 0.6) is 0 Å². The van der Waals surface area contributed by atoms with Crippen LogP contribution >= 0.6 is 0 Å². The molecule has 0 saturated heterocycles. The molecule has 0 bridgehead atoms. The van der Waals surface area contributed by atoms with E-state index in [4.69, 9.17) is 0 Å². The molecule has 0 amide bonds. The summed E-state index contributed by atoms with van der Waals surface area (Å²) >= 11 is 0. The van der Waals surface area contributed by atoms with Gasteiger partial charge in [0.1, 0.15) is 0 Å². The number of nitroso groups, excluding NO2 is 1. The third-order valence-electron chi connectivity index (χ3n) is 1.40. The predicted molar refractivity (Wildman–Crippen MR) is 47.2 cm³/mol. The standard InChI is InChI=1S/C8H6N2O3/c11-9-8(6-10(12)13)7-4-2-1-3-5-7/h1-6H/b8-6+. The maximum atomic E-state index is 10.2. The highest BCUT2D eigenvalue weighted by Gasteiger charge is 2.05. The van der Waals surface area contributed by atoms with E-state index in [1.54, 1.807) is 30.3 Å². The van der Waals surface area contributed by atoms with Crippen LogP contribution in [0.4, 0.5) is 0 Å². The van der Waals surface area contributed by atoms with Crippen molar-refractivity contribution >= 4 is 5.70 Å². The Bertz CT molecular complexity index is 346. The first-order chi connectivity index (χ1) is 6.24. The first kappa shape index (κ1) is 9.05. The molecule has 0 spiro atoms. The van der Waals surface area contributed by atoms with Gasteiger partial charge in [0.15, 0.2) is 5.70 Å². The van der Waals surface area contributed by atoms with Crippen LogP contribution in [0.2, 0.25) is 0 Å². The third-order valence-corrected chi connectivity index (χ3v) is 1.40. The molecule has 66 valence electrons. The lowest BCUT2D eigenvalue weighted by molar-refractivity contribution is -0.401. The van der Waals surface area contributed by atoms with E-state index in [2.05, 4.69) is 5.18 Å². The topological polar surface area (TPSA) is 72.6 Å². The molecule has 1 rings (SSSR count). The Labute approximate surface area is 73.8 Å². The van der Waals surface area contributed by atoms with Crippen molar-refractivity contribution in [2.75, 3.05) is 0 Å². The zero-order chi connectivity index (χ0) is 9.68. The van der Waals surface area contributed by atoms with Gasteiger partial charge >= 0.3 is 0 Å². The molecule has 5 nitrogen and oxygen atoms in total. The average molecular weight is 178 g/mol. The van der Waals surface area contributed by atoms with Crippen molar-refractivity contribution in [1.82, 2.24) is 0 Å². The van der Waals surface area contributed by atoms with E-state index in [0.717, 1.165) is 0 Å². The van der Waals surface area contributed by atoms with Crippen LogP contribution in [0, 0.1) is 15.0 Å². The highest BCUT2D eigenvalue weighted by molar-refractivity contribution is 5.62. The molecule has 5 heteroatoms. The van der Waals surface area contributed by atoms with Crippen LogP contribution in [0.25, 0.3) is 5.70 Å². The van der Waals surface area contributed by atoms with E-state index in [1.165, 1.54) is 0 Å². The summed E-state index contributed by atoms with van der Waals surface area (Å²) < 4.78 is 0. The summed E-state index contributed by atoms with van der Waals surface area (Å²) in [5.74, 6) is 0. The fourth-order valence-electron chi connectivity index (χ4n) is 0.860. The van der Waals surface area contributed by atoms with Crippen molar-refractivity contribution < 1.29 is 4.92 Å². The van der Waals surface area contributed by atoms with Gasteiger partial charge in [0.25, 0.3) is 6.20 Å². The van der Waals surface area contributed by atoms with E-state index >= 15 is 0 Å². The smallest absolute Gasteiger partial charge is 0.259 e. The average Bonchev–Trinajstić information content (AvgIpc) is 2.15. The second-order valence-electron chi connectivity index (χ2n) is 2.26. The molecule has 0 unspecified atom stereocenters. The second kappa shape index (κ2) is 4.10. The molecular formula is C8H6N2O3. The van der Waals surface area contributed by atoms with Gasteiger partial charge in [-0.25, -0.2) is 0 Å². The van der Waals surface area contributed by atoms with Crippen molar-refractivity contribution in [3.63, 3.8) is 0 Å². The Balaban J connectivity index is 3.05. The minimum Gasteiger partial charge on any atom is -0.259 e. The maximum absolute atomic E-state index is 10.2. The minimum absolute atomic E-state index is 0.175. The number of nitrogens with zero attached hydrogens (tertiary/aromatic N) is 2. The molecule has 0 aliphatic carbocycles. The highest BCUT2D eigenvalue weighted by Crippen LogP contribution is 2.14. The van der Waals surface area contributed by atoms with Crippen molar-refractivity contribution in [1.29, 1.82) is 0 Å². The highest BCUT2D eigenvalue weighted by atomic mass is 16.6. The fraction of sp³-hybridized carbons (Fsp3) is 0.